The Hall–Kier alpha value is -1.78. The van der Waals surface area contributed by atoms with Gasteiger partial charge in [0.15, 0.2) is 6.10 Å². The van der Waals surface area contributed by atoms with Crippen LogP contribution in [0, 0.1) is 0 Å². The lowest BCUT2D eigenvalue weighted by Gasteiger charge is -2.21. The van der Waals surface area contributed by atoms with Crippen LogP contribution in [0.15, 0.2) is 12.2 Å². The van der Waals surface area contributed by atoms with Crippen LogP contribution in [-0.4, -0.2) is 66.5 Å². The second kappa shape index (κ2) is 61.3. The molecule has 0 saturated heterocycles. The van der Waals surface area contributed by atoms with E-state index in [1.807, 2.05) is 0 Å². The number of aliphatic hydroxyl groups is 1. The zero-order valence-corrected chi connectivity index (χ0v) is 52.3. The Labute approximate surface area is 481 Å². The average molecular weight is 1130 g/mol. The predicted molar refractivity (Wildman–Crippen MR) is 326 cm³/mol. The molecule has 0 aromatic rings. The van der Waals surface area contributed by atoms with Gasteiger partial charge < -0.3 is 24.2 Å². The normalized spacial score (nSPS) is 13.2. The number of rotatable bonds is 64. The number of allylic oxidation sites excluding steroid dienone is 2. The number of carbonyl (C=O) groups is 3. The zero-order chi connectivity index (χ0) is 56.9. The first kappa shape index (κ1) is 76.2. The standard InChI is InChI=1S/C66H127O11P/c1-4-7-10-13-16-19-22-25-28-30-31-33-36-39-42-45-48-51-54-57-66(70)77-63(59-73-64(68)55-52-49-46-43-40-37-35-32-29-26-23-20-17-14-11-8-5-2)61-75-78(71,72)74-60-62(58-67)76-65(69)56-53-50-47-44-41-38-34-27-24-21-18-15-12-9-6-3/h26,29,62-63,67H,4-25,27-28,30-61H2,1-3H3,(H,71,72)/b29-26-. The molecule has 0 aliphatic heterocycles. The van der Waals surface area contributed by atoms with Gasteiger partial charge in [0.1, 0.15) is 12.7 Å². The highest BCUT2D eigenvalue weighted by molar-refractivity contribution is 7.47. The minimum atomic E-state index is -4.74. The largest absolute Gasteiger partial charge is 0.472 e. The number of phosphoric acid groups is 1. The molecule has 78 heavy (non-hydrogen) atoms. The van der Waals surface area contributed by atoms with Crippen molar-refractivity contribution in [3.63, 3.8) is 0 Å². The monoisotopic (exact) mass is 1130 g/mol. The van der Waals surface area contributed by atoms with Gasteiger partial charge in [0, 0.05) is 19.3 Å². The molecular weight excluding hydrogens is 1000 g/mol. The van der Waals surface area contributed by atoms with Gasteiger partial charge in [-0.1, -0.05) is 303 Å². The van der Waals surface area contributed by atoms with Crippen molar-refractivity contribution in [2.45, 2.75) is 367 Å². The maximum atomic E-state index is 13.0. The topological polar surface area (TPSA) is 155 Å². The highest BCUT2D eigenvalue weighted by Gasteiger charge is 2.28. The molecule has 0 aliphatic rings. The molecule has 0 amide bonds. The summed E-state index contributed by atoms with van der Waals surface area (Å²) in [5.74, 6) is -1.43. The molecule has 0 saturated carbocycles. The lowest BCUT2D eigenvalue weighted by Crippen LogP contribution is -2.30. The van der Waals surface area contributed by atoms with E-state index in [1.165, 1.54) is 231 Å². The summed E-state index contributed by atoms with van der Waals surface area (Å²) in [5, 5.41) is 9.85. The van der Waals surface area contributed by atoms with Crippen molar-refractivity contribution >= 4 is 25.7 Å². The van der Waals surface area contributed by atoms with Gasteiger partial charge in [-0.05, 0) is 44.9 Å². The lowest BCUT2D eigenvalue weighted by atomic mass is 10.0. The smallest absolute Gasteiger partial charge is 0.462 e. The van der Waals surface area contributed by atoms with E-state index in [0.717, 1.165) is 64.2 Å². The van der Waals surface area contributed by atoms with E-state index >= 15 is 0 Å². The fourth-order valence-corrected chi connectivity index (χ4v) is 10.8. The molecule has 462 valence electrons. The molecule has 0 aromatic heterocycles. The van der Waals surface area contributed by atoms with Crippen LogP contribution in [0.3, 0.4) is 0 Å². The highest BCUT2D eigenvalue weighted by atomic mass is 31.2. The first-order chi connectivity index (χ1) is 38.2. The molecule has 0 heterocycles. The van der Waals surface area contributed by atoms with E-state index in [4.69, 9.17) is 23.3 Å². The van der Waals surface area contributed by atoms with Gasteiger partial charge >= 0.3 is 25.7 Å². The number of hydrogen-bond acceptors (Lipinski definition) is 10. The second-order valence-corrected chi connectivity index (χ2v) is 24.5. The third-order valence-electron chi connectivity index (χ3n) is 15.2. The number of unbranched alkanes of at least 4 members (excludes halogenated alkanes) is 45. The first-order valence-corrected chi connectivity index (χ1v) is 35.1. The van der Waals surface area contributed by atoms with Crippen LogP contribution in [0.25, 0.3) is 0 Å². The SMILES string of the molecule is CCCCCCCC/C=C\CCCCCCCCCC(=O)OCC(COP(=O)(O)OCC(CO)OC(=O)CCCCCCCCCCCCCCCCC)OC(=O)CCCCCCCCCCCCCCCCCCCCC. The molecule has 12 heteroatoms. The molecule has 0 radical (unpaired) electrons. The Morgan fingerprint density at radius 1 is 0.346 bits per heavy atom. The summed E-state index contributed by atoms with van der Waals surface area (Å²) in [6, 6.07) is 0. The molecule has 0 spiro atoms. The van der Waals surface area contributed by atoms with Crippen LogP contribution in [-0.2, 0) is 42.2 Å². The number of aliphatic hydroxyl groups excluding tert-OH is 1. The fourth-order valence-electron chi connectivity index (χ4n) is 10.1. The summed E-state index contributed by atoms with van der Waals surface area (Å²) in [7, 11) is -4.74. The quantitative estimate of drug-likeness (QED) is 0.0197. The van der Waals surface area contributed by atoms with E-state index in [2.05, 4.69) is 32.9 Å². The van der Waals surface area contributed by atoms with Crippen molar-refractivity contribution in [3.8, 4) is 0 Å². The summed E-state index contributed by atoms with van der Waals surface area (Å²) >= 11 is 0. The zero-order valence-electron chi connectivity index (χ0n) is 51.4. The van der Waals surface area contributed by atoms with Crippen LogP contribution >= 0.6 is 7.82 Å². The van der Waals surface area contributed by atoms with Crippen molar-refractivity contribution in [1.82, 2.24) is 0 Å². The Morgan fingerprint density at radius 3 is 0.885 bits per heavy atom. The number of esters is 3. The van der Waals surface area contributed by atoms with Crippen molar-refractivity contribution in [2.24, 2.45) is 0 Å². The molecule has 0 rings (SSSR count). The molecule has 0 bridgehead atoms. The van der Waals surface area contributed by atoms with Crippen LogP contribution in [0.5, 0.6) is 0 Å². The van der Waals surface area contributed by atoms with E-state index < -0.39 is 57.8 Å². The number of hydrogen-bond donors (Lipinski definition) is 2. The van der Waals surface area contributed by atoms with E-state index in [1.54, 1.807) is 0 Å². The Kier molecular flexibility index (Phi) is 59.9. The second-order valence-electron chi connectivity index (χ2n) is 23.0. The van der Waals surface area contributed by atoms with Gasteiger partial charge in [-0.3, -0.25) is 23.4 Å². The van der Waals surface area contributed by atoms with Crippen molar-refractivity contribution in [1.29, 1.82) is 0 Å². The van der Waals surface area contributed by atoms with Crippen LogP contribution in [0.2, 0.25) is 0 Å². The summed E-state index contributed by atoms with van der Waals surface area (Å²) in [5.41, 5.74) is 0. The Balaban J connectivity index is 4.64. The van der Waals surface area contributed by atoms with E-state index in [9.17, 15) is 28.9 Å². The molecule has 0 aliphatic carbocycles. The number of carbonyl (C=O) groups excluding carboxylic acids is 3. The van der Waals surface area contributed by atoms with Gasteiger partial charge in [-0.25, -0.2) is 4.57 Å². The molecule has 11 nitrogen and oxygen atoms in total. The number of phosphoric ester groups is 1. The lowest BCUT2D eigenvalue weighted by molar-refractivity contribution is -0.161. The van der Waals surface area contributed by atoms with Gasteiger partial charge in [-0.15, -0.1) is 0 Å². The van der Waals surface area contributed by atoms with Crippen molar-refractivity contribution in [3.05, 3.63) is 12.2 Å². The minimum absolute atomic E-state index is 0.176. The maximum Gasteiger partial charge on any atom is 0.472 e. The minimum Gasteiger partial charge on any atom is -0.462 e. The summed E-state index contributed by atoms with van der Waals surface area (Å²) in [6.07, 6.45) is 63.0. The molecule has 3 unspecified atom stereocenters. The molecule has 2 N–H and O–H groups in total. The molecule has 0 fully saturated rings. The van der Waals surface area contributed by atoms with Crippen molar-refractivity contribution < 1.29 is 52.2 Å². The van der Waals surface area contributed by atoms with E-state index in [-0.39, 0.29) is 25.9 Å². The number of ether oxygens (including phenoxy) is 3. The Bertz CT molecular complexity index is 1360. The maximum absolute atomic E-state index is 13.0. The molecule has 3 atom stereocenters. The van der Waals surface area contributed by atoms with E-state index in [0.29, 0.717) is 19.3 Å². The predicted octanol–water partition coefficient (Wildman–Crippen LogP) is 20.4. The van der Waals surface area contributed by atoms with Crippen LogP contribution < -0.4 is 0 Å². The third kappa shape index (κ3) is 58.9. The van der Waals surface area contributed by atoms with Gasteiger partial charge in [0.25, 0.3) is 0 Å². The third-order valence-corrected chi connectivity index (χ3v) is 16.1. The van der Waals surface area contributed by atoms with Gasteiger partial charge in [0.2, 0.25) is 0 Å². The van der Waals surface area contributed by atoms with Gasteiger partial charge in [-0.2, -0.15) is 0 Å². The van der Waals surface area contributed by atoms with Crippen LogP contribution in [0.4, 0.5) is 0 Å². The average Bonchev–Trinajstić information content (AvgIpc) is 3.43. The first-order valence-electron chi connectivity index (χ1n) is 33.6. The molecular formula is C66H127O11P. The fraction of sp³-hybridized carbons (Fsp3) is 0.924. The highest BCUT2D eigenvalue weighted by Crippen LogP contribution is 2.43. The molecule has 0 aromatic carbocycles. The van der Waals surface area contributed by atoms with Gasteiger partial charge in [0.05, 0.1) is 19.8 Å². The van der Waals surface area contributed by atoms with Crippen LogP contribution in [0.1, 0.15) is 355 Å². The van der Waals surface area contributed by atoms with Crippen molar-refractivity contribution in [2.75, 3.05) is 26.4 Å². The summed E-state index contributed by atoms with van der Waals surface area (Å²) in [6.45, 7) is 4.74. The Morgan fingerprint density at radius 2 is 0.590 bits per heavy atom. The summed E-state index contributed by atoms with van der Waals surface area (Å²) < 4.78 is 39.8. The summed E-state index contributed by atoms with van der Waals surface area (Å²) in [4.78, 5) is 48.8.